The Balaban J connectivity index is 2.96. The van der Waals surface area contributed by atoms with Gasteiger partial charge in [0.25, 0.3) is 0 Å². The molecule has 2 N–H and O–H groups in total. The van der Waals surface area contributed by atoms with E-state index in [1.165, 1.54) is 6.92 Å². The Bertz CT molecular complexity index is 617. The van der Waals surface area contributed by atoms with E-state index in [0.29, 0.717) is 58.8 Å². The molecule has 0 radical (unpaired) electrons. The van der Waals surface area contributed by atoms with Crippen LogP contribution in [0.2, 0.25) is 0 Å². The quantitative estimate of drug-likeness (QED) is 0.489. The predicted octanol–water partition coefficient (Wildman–Crippen LogP) is -0.0285. The Kier molecular flexibility index (Phi) is 12.0. The number of hydrogen-bond donors (Lipinski definition) is 2. The van der Waals surface area contributed by atoms with Crippen LogP contribution in [0.25, 0.3) is 0 Å². The van der Waals surface area contributed by atoms with Crippen LogP contribution in [0.1, 0.15) is 34.1 Å². The van der Waals surface area contributed by atoms with Crippen LogP contribution in [-0.4, -0.2) is 132 Å². The number of ketones is 2. The van der Waals surface area contributed by atoms with E-state index in [2.05, 4.69) is 0 Å². The largest absolute Gasteiger partial charge is 0.480 e. The van der Waals surface area contributed by atoms with E-state index in [9.17, 15) is 29.4 Å². The van der Waals surface area contributed by atoms with Crippen LogP contribution in [0.15, 0.2) is 0 Å². The topological polar surface area (TPSA) is 122 Å². The Hall–Kier alpha value is -1.88. The van der Waals surface area contributed by atoms with Crippen molar-refractivity contribution in [3.63, 3.8) is 0 Å². The Morgan fingerprint density at radius 3 is 1.22 bits per heavy atom. The summed E-state index contributed by atoms with van der Waals surface area (Å²) in [6.07, 6.45) is 0.446. The summed E-state index contributed by atoms with van der Waals surface area (Å²) in [6.45, 7) is 11.8. The summed E-state index contributed by atoms with van der Waals surface area (Å²) in [6, 6.07) is 0. The molecule has 184 valence electrons. The van der Waals surface area contributed by atoms with Crippen LogP contribution in [0.5, 0.6) is 0 Å². The minimum atomic E-state index is -0.918. The van der Waals surface area contributed by atoms with Gasteiger partial charge in [0.05, 0.1) is 26.2 Å². The number of hydrogen-bond acceptors (Lipinski definition) is 8. The normalized spacial score (nSPS) is 19.1. The monoisotopic (exact) mass is 456 g/mol. The van der Waals surface area contributed by atoms with Crippen LogP contribution in [0.4, 0.5) is 0 Å². The lowest BCUT2D eigenvalue weighted by Gasteiger charge is -2.33. The minimum Gasteiger partial charge on any atom is -0.480 e. The van der Waals surface area contributed by atoms with Gasteiger partial charge in [-0.1, -0.05) is 20.8 Å². The highest BCUT2D eigenvalue weighted by Crippen LogP contribution is 2.19. The molecular formula is C22H40N4O6. The van der Waals surface area contributed by atoms with E-state index in [1.807, 2.05) is 40.4 Å². The first kappa shape index (κ1) is 28.2. The van der Waals surface area contributed by atoms with Crippen molar-refractivity contribution in [1.29, 1.82) is 0 Å². The molecule has 0 unspecified atom stereocenters. The van der Waals surface area contributed by atoms with E-state index in [4.69, 9.17) is 0 Å². The lowest BCUT2D eigenvalue weighted by Crippen LogP contribution is -2.49. The molecule has 1 saturated heterocycles. The highest BCUT2D eigenvalue weighted by atomic mass is 16.4. The van der Waals surface area contributed by atoms with Crippen molar-refractivity contribution in [2.45, 2.75) is 34.1 Å². The maximum atomic E-state index is 12.6. The average molecular weight is 457 g/mol. The summed E-state index contributed by atoms with van der Waals surface area (Å²) < 4.78 is 0. The summed E-state index contributed by atoms with van der Waals surface area (Å²) in [5, 5.41) is 18.6. The molecule has 10 nitrogen and oxygen atoms in total. The molecule has 0 saturated carbocycles. The van der Waals surface area contributed by atoms with E-state index in [-0.39, 0.29) is 43.2 Å². The number of carbonyl (C=O) groups is 4. The van der Waals surface area contributed by atoms with Crippen molar-refractivity contribution in [3.8, 4) is 0 Å². The number of carboxylic acids is 2. The summed E-state index contributed by atoms with van der Waals surface area (Å²) in [4.78, 5) is 54.5. The van der Waals surface area contributed by atoms with E-state index < -0.39 is 11.9 Å². The Morgan fingerprint density at radius 2 is 0.938 bits per heavy atom. The van der Waals surface area contributed by atoms with Gasteiger partial charge >= 0.3 is 11.9 Å². The maximum Gasteiger partial charge on any atom is 0.317 e. The molecule has 0 atom stereocenters. The summed E-state index contributed by atoms with van der Waals surface area (Å²) in [5.41, 5.74) is -0.117. The molecule has 1 aliphatic rings. The second-order valence-electron chi connectivity index (χ2n) is 9.87. The van der Waals surface area contributed by atoms with Gasteiger partial charge < -0.3 is 10.2 Å². The van der Waals surface area contributed by atoms with Gasteiger partial charge in [0.1, 0.15) is 11.6 Å². The first-order valence-electron chi connectivity index (χ1n) is 11.2. The van der Waals surface area contributed by atoms with E-state index in [1.54, 1.807) is 0 Å². The Labute approximate surface area is 191 Å². The summed E-state index contributed by atoms with van der Waals surface area (Å²) in [7, 11) is 0. The molecule has 0 spiro atoms. The number of nitrogens with zero attached hydrogens (tertiary/aromatic N) is 4. The van der Waals surface area contributed by atoms with Gasteiger partial charge in [-0.2, -0.15) is 0 Å². The predicted molar refractivity (Wildman–Crippen MR) is 121 cm³/mol. The third-order valence-electron chi connectivity index (χ3n) is 5.22. The second-order valence-corrected chi connectivity index (χ2v) is 9.87. The number of carboxylic acid groups (broad SMARTS) is 2. The van der Waals surface area contributed by atoms with E-state index in [0.717, 1.165) is 0 Å². The first-order chi connectivity index (χ1) is 14.8. The smallest absolute Gasteiger partial charge is 0.317 e. The van der Waals surface area contributed by atoms with Gasteiger partial charge in [-0.25, -0.2) is 0 Å². The third-order valence-corrected chi connectivity index (χ3v) is 5.22. The standard InChI is InChI=1S/C22H40N4O6/c1-18(27)14-23-5-9-25(16-20(29)30)11-7-24(15-19(28)13-22(2,3)4)8-12-26(10-6-23)17-21(31)32/h5-17H2,1-4H3,(H,29,30)(H,31,32). The van der Waals surface area contributed by atoms with Gasteiger partial charge in [-0.3, -0.25) is 38.8 Å². The molecule has 10 heteroatoms. The molecule has 1 aliphatic heterocycles. The van der Waals surface area contributed by atoms with Crippen molar-refractivity contribution in [2.75, 3.05) is 78.5 Å². The summed E-state index contributed by atoms with van der Waals surface area (Å²) >= 11 is 0. The van der Waals surface area contributed by atoms with Crippen molar-refractivity contribution < 1.29 is 29.4 Å². The summed E-state index contributed by atoms with van der Waals surface area (Å²) in [5.74, 6) is -1.71. The number of aliphatic carboxylic acids is 2. The van der Waals surface area contributed by atoms with Crippen molar-refractivity contribution in [1.82, 2.24) is 19.6 Å². The number of rotatable bonds is 9. The van der Waals surface area contributed by atoms with Crippen molar-refractivity contribution in [2.24, 2.45) is 5.41 Å². The fraction of sp³-hybridized carbons (Fsp3) is 0.818. The molecule has 0 aromatic carbocycles. The number of carbonyl (C=O) groups excluding carboxylic acids is 2. The zero-order chi connectivity index (χ0) is 24.3. The Morgan fingerprint density at radius 1 is 0.625 bits per heavy atom. The van der Waals surface area contributed by atoms with E-state index >= 15 is 0 Å². The highest BCUT2D eigenvalue weighted by molar-refractivity contribution is 5.81. The lowest BCUT2D eigenvalue weighted by molar-refractivity contribution is -0.139. The molecule has 1 heterocycles. The second kappa shape index (κ2) is 13.6. The van der Waals surface area contributed by atoms with Gasteiger partial charge in [-0.05, 0) is 12.3 Å². The van der Waals surface area contributed by atoms with Gasteiger partial charge in [-0.15, -0.1) is 0 Å². The fourth-order valence-corrected chi connectivity index (χ4v) is 3.81. The third kappa shape index (κ3) is 13.5. The van der Waals surface area contributed by atoms with Gasteiger partial charge in [0.15, 0.2) is 0 Å². The van der Waals surface area contributed by atoms with Crippen LogP contribution in [0, 0.1) is 5.41 Å². The highest BCUT2D eigenvalue weighted by Gasteiger charge is 2.22. The lowest BCUT2D eigenvalue weighted by atomic mass is 9.90. The first-order valence-corrected chi connectivity index (χ1v) is 11.2. The molecule has 0 amide bonds. The van der Waals surface area contributed by atoms with Crippen molar-refractivity contribution >= 4 is 23.5 Å². The van der Waals surface area contributed by atoms with Gasteiger partial charge in [0.2, 0.25) is 0 Å². The number of Topliss-reactive ketones (excluding diaryl/α,β-unsaturated/α-hetero) is 2. The molecule has 1 fully saturated rings. The molecule has 1 rings (SSSR count). The van der Waals surface area contributed by atoms with Gasteiger partial charge in [0, 0.05) is 58.8 Å². The maximum absolute atomic E-state index is 12.6. The SMILES string of the molecule is CC(=O)CN1CCN(CC(=O)O)CCN(CC(=O)CC(C)(C)C)CCN(CC(=O)O)CC1. The molecule has 0 aromatic heterocycles. The van der Waals surface area contributed by atoms with Crippen LogP contribution >= 0.6 is 0 Å². The molecule has 32 heavy (non-hydrogen) atoms. The zero-order valence-electron chi connectivity index (χ0n) is 20.0. The molecule has 0 bridgehead atoms. The molecule has 0 aromatic rings. The van der Waals surface area contributed by atoms with Crippen LogP contribution in [-0.2, 0) is 19.2 Å². The molecular weight excluding hydrogens is 416 g/mol. The molecule has 0 aliphatic carbocycles. The fourth-order valence-electron chi connectivity index (χ4n) is 3.81. The zero-order valence-corrected chi connectivity index (χ0v) is 20.0. The van der Waals surface area contributed by atoms with Crippen molar-refractivity contribution in [3.05, 3.63) is 0 Å². The average Bonchev–Trinajstić information content (AvgIpc) is 2.61. The van der Waals surface area contributed by atoms with Crippen LogP contribution in [0.3, 0.4) is 0 Å². The minimum absolute atomic E-state index is 0.00944. The van der Waals surface area contributed by atoms with Crippen LogP contribution < -0.4 is 0 Å².